The van der Waals surface area contributed by atoms with Crippen molar-refractivity contribution in [3.63, 3.8) is 0 Å². The Kier molecular flexibility index (Phi) is 2.06. The molecule has 0 aromatic heterocycles. The molecule has 1 aliphatic rings. The number of rotatable bonds is 1. The molecule has 0 aliphatic carbocycles. The van der Waals surface area contributed by atoms with Crippen LogP contribution in [0.25, 0.3) is 5.70 Å². The summed E-state index contributed by atoms with van der Waals surface area (Å²) in [7, 11) is 0. The van der Waals surface area contributed by atoms with Crippen molar-refractivity contribution in [1.82, 2.24) is 5.06 Å². The summed E-state index contributed by atoms with van der Waals surface area (Å²) in [6, 6.07) is 9.79. The van der Waals surface area contributed by atoms with Crippen LogP contribution in [0, 0.1) is 5.88 Å². The van der Waals surface area contributed by atoms with Gasteiger partial charge in [0.05, 0.1) is 5.70 Å². The van der Waals surface area contributed by atoms with Crippen LogP contribution >= 0.6 is 11.8 Å². The number of hydrogen-bond donors (Lipinski definition) is 1. The zero-order valence-electron chi connectivity index (χ0n) is 6.34. The topological polar surface area (TPSA) is 23.5 Å². The number of benzene rings is 1. The van der Waals surface area contributed by atoms with E-state index in [2.05, 4.69) is 0 Å². The van der Waals surface area contributed by atoms with Crippen LogP contribution in [-0.2, 0) is 0 Å². The van der Waals surface area contributed by atoms with Crippen molar-refractivity contribution in [1.29, 1.82) is 0 Å². The van der Waals surface area contributed by atoms with E-state index in [9.17, 15) is 5.21 Å². The number of thioether (sulfide) groups is 1. The van der Waals surface area contributed by atoms with Crippen LogP contribution in [0.3, 0.4) is 0 Å². The fourth-order valence-corrected chi connectivity index (χ4v) is 1.74. The van der Waals surface area contributed by atoms with Gasteiger partial charge < -0.3 is 0 Å². The summed E-state index contributed by atoms with van der Waals surface area (Å²) in [5.74, 6) is 1.66. The molecule has 0 saturated heterocycles. The highest BCUT2D eigenvalue weighted by atomic mass is 32.2. The van der Waals surface area contributed by atoms with Gasteiger partial charge in [-0.25, -0.2) is 5.06 Å². The largest absolute Gasteiger partial charge is 0.287 e. The first-order valence-electron chi connectivity index (χ1n) is 3.60. The minimum Gasteiger partial charge on any atom is -0.287 e. The maximum absolute atomic E-state index is 9.33. The quantitative estimate of drug-likeness (QED) is 0.714. The lowest BCUT2D eigenvalue weighted by atomic mass is 10.2. The van der Waals surface area contributed by atoms with Gasteiger partial charge in [-0.1, -0.05) is 30.3 Å². The lowest BCUT2D eigenvalue weighted by Gasteiger charge is -2.11. The van der Waals surface area contributed by atoms with E-state index in [1.807, 2.05) is 35.7 Å². The van der Waals surface area contributed by atoms with E-state index < -0.39 is 0 Å². The van der Waals surface area contributed by atoms with Gasteiger partial charge in [0, 0.05) is 5.56 Å². The Bertz CT molecular complexity index is 297. The summed E-state index contributed by atoms with van der Waals surface area (Å²) in [6.45, 7) is 0. The van der Waals surface area contributed by atoms with Crippen molar-refractivity contribution in [3.8, 4) is 0 Å². The Morgan fingerprint density at radius 1 is 1.17 bits per heavy atom. The van der Waals surface area contributed by atoms with Crippen molar-refractivity contribution in [2.45, 2.75) is 0 Å². The highest BCUT2D eigenvalue weighted by Gasteiger charge is 2.14. The molecule has 1 aromatic carbocycles. The molecule has 0 atom stereocenters. The molecule has 1 N–H and O–H groups in total. The maximum Gasteiger partial charge on any atom is 0.138 e. The van der Waals surface area contributed by atoms with E-state index in [1.165, 1.54) is 11.8 Å². The standard InChI is InChI=1S/C9H8NOS/c11-10-7-12-6-9(10)8-4-2-1-3-5-8/h1-7,11H. The normalized spacial score (nSPS) is 16.4. The van der Waals surface area contributed by atoms with Crippen molar-refractivity contribution in [2.75, 3.05) is 0 Å². The van der Waals surface area contributed by atoms with E-state index >= 15 is 0 Å². The summed E-state index contributed by atoms with van der Waals surface area (Å²) in [5.41, 5.74) is 1.86. The van der Waals surface area contributed by atoms with E-state index in [1.54, 1.807) is 5.88 Å². The predicted octanol–water partition coefficient (Wildman–Crippen LogP) is 2.54. The first kappa shape index (κ1) is 7.71. The van der Waals surface area contributed by atoms with Crippen LogP contribution in [0.15, 0.2) is 35.7 Å². The molecule has 0 bridgehead atoms. The van der Waals surface area contributed by atoms with Gasteiger partial charge in [-0.15, -0.1) is 11.8 Å². The van der Waals surface area contributed by atoms with E-state index in [0.29, 0.717) is 0 Å². The van der Waals surface area contributed by atoms with Crippen molar-refractivity contribution in [3.05, 3.63) is 47.2 Å². The molecule has 0 unspecified atom stereocenters. The average molecular weight is 178 g/mol. The molecular weight excluding hydrogens is 170 g/mol. The Morgan fingerprint density at radius 3 is 2.50 bits per heavy atom. The van der Waals surface area contributed by atoms with Gasteiger partial charge in [0.2, 0.25) is 0 Å². The molecule has 0 spiro atoms. The summed E-state index contributed by atoms with van der Waals surface area (Å²) < 4.78 is 0. The Labute approximate surface area is 75.5 Å². The molecule has 1 aromatic rings. The molecule has 0 saturated carbocycles. The summed E-state index contributed by atoms with van der Waals surface area (Å²) in [4.78, 5) is 0. The van der Waals surface area contributed by atoms with Gasteiger partial charge in [-0.3, -0.25) is 5.21 Å². The zero-order chi connectivity index (χ0) is 8.39. The molecule has 2 rings (SSSR count). The van der Waals surface area contributed by atoms with Crippen molar-refractivity contribution >= 4 is 17.5 Å². The second kappa shape index (κ2) is 3.21. The molecule has 0 fully saturated rings. The molecule has 1 heterocycles. The molecule has 61 valence electrons. The van der Waals surface area contributed by atoms with Crippen molar-refractivity contribution < 1.29 is 5.21 Å². The van der Waals surface area contributed by atoms with E-state index in [4.69, 9.17) is 0 Å². The first-order chi connectivity index (χ1) is 5.88. The van der Waals surface area contributed by atoms with Gasteiger partial charge in [-0.05, 0) is 5.41 Å². The molecule has 1 radical (unpaired) electrons. The molecular formula is C9H8NOS. The minimum absolute atomic E-state index is 0.834. The molecule has 2 nitrogen and oxygen atoms in total. The van der Waals surface area contributed by atoms with Crippen molar-refractivity contribution in [2.24, 2.45) is 0 Å². The highest BCUT2D eigenvalue weighted by Crippen LogP contribution is 2.31. The van der Waals surface area contributed by atoms with E-state index in [-0.39, 0.29) is 0 Å². The summed E-state index contributed by atoms with van der Waals surface area (Å²) in [6.07, 6.45) is 0. The lowest BCUT2D eigenvalue weighted by molar-refractivity contribution is 0.0180. The molecule has 1 aliphatic heterocycles. The number of nitrogens with zero attached hydrogens (tertiary/aromatic N) is 1. The Morgan fingerprint density at radius 2 is 1.92 bits per heavy atom. The smallest absolute Gasteiger partial charge is 0.138 e. The van der Waals surface area contributed by atoms with Crippen LogP contribution in [0.4, 0.5) is 0 Å². The second-order valence-electron chi connectivity index (χ2n) is 2.46. The molecule has 3 heteroatoms. The summed E-state index contributed by atoms with van der Waals surface area (Å²) >= 11 is 1.47. The monoisotopic (exact) mass is 178 g/mol. The third-order valence-electron chi connectivity index (χ3n) is 1.66. The van der Waals surface area contributed by atoms with Gasteiger partial charge >= 0.3 is 0 Å². The lowest BCUT2D eigenvalue weighted by Crippen LogP contribution is -2.07. The predicted molar refractivity (Wildman–Crippen MR) is 49.9 cm³/mol. The van der Waals surface area contributed by atoms with Gasteiger partial charge in [0.15, 0.2) is 0 Å². The molecule has 0 amide bonds. The van der Waals surface area contributed by atoms with Gasteiger partial charge in [0.25, 0.3) is 0 Å². The zero-order valence-corrected chi connectivity index (χ0v) is 7.16. The van der Waals surface area contributed by atoms with Crippen LogP contribution in [-0.4, -0.2) is 10.3 Å². The second-order valence-corrected chi connectivity index (χ2v) is 3.17. The van der Waals surface area contributed by atoms with Gasteiger partial charge in [-0.2, -0.15) is 0 Å². The SMILES string of the molecule is ON1[CH]SC=C1c1ccccc1. The average Bonchev–Trinajstić information content (AvgIpc) is 2.53. The fourth-order valence-electron chi connectivity index (χ4n) is 1.07. The van der Waals surface area contributed by atoms with Gasteiger partial charge in [0.1, 0.15) is 5.88 Å². The Balaban J connectivity index is 2.31. The van der Waals surface area contributed by atoms with Crippen LogP contribution in [0.2, 0.25) is 0 Å². The van der Waals surface area contributed by atoms with Crippen LogP contribution < -0.4 is 0 Å². The maximum atomic E-state index is 9.33. The fraction of sp³-hybridized carbons (Fsp3) is 0. The minimum atomic E-state index is 0.834. The van der Waals surface area contributed by atoms with Crippen LogP contribution in [0.5, 0.6) is 0 Å². The third kappa shape index (κ3) is 1.33. The summed E-state index contributed by atoms with van der Waals surface area (Å²) in [5, 5.41) is 12.4. The third-order valence-corrected chi connectivity index (χ3v) is 2.34. The first-order valence-corrected chi connectivity index (χ1v) is 4.55. The number of hydrogen-bond acceptors (Lipinski definition) is 3. The molecule has 12 heavy (non-hydrogen) atoms. The highest BCUT2D eigenvalue weighted by molar-refractivity contribution is 8.04. The van der Waals surface area contributed by atoms with E-state index in [0.717, 1.165) is 16.3 Å². The Hall–Kier alpha value is -0.930. The van der Waals surface area contributed by atoms with Crippen LogP contribution in [0.1, 0.15) is 5.56 Å². The number of hydroxylamine groups is 2.